The highest BCUT2D eigenvalue weighted by molar-refractivity contribution is 7.99. The molecule has 0 spiro atoms. The summed E-state index contributed by atoms with van der Waals surface area (Å²) >= 11 is 1.83. The molecule has 1 heterocycles. The summed E-state index contributed by atoms with van der Waals surface area (Å²) in [5.41, 5.74) is 0. The van der Waals surface area contributed by atoms with E-state index in [2.05, 4.69) is 30.7 Å². The zero-order chi connectivity index (χ0) is 11.3. The van der Waals surface area contributed by atoms with Crippen molar-refractivity contribution in [2.24, 2.45) is 0 Å². The van der Waals surface area contributed by atoms with Crippen LogP contribution in [0, 0.1) is 0 Å². The molecule has 2 N–H and O–H groups in total. The highest BCUT2D eigenvalue weighted by Crippen LogP contribution is 2.20. The van der Waals surface area contributed by atoms with Crippen molar-refractivity contribution in [3.63, 3.8) is 0 Å². The number of hydrogen-bond donors (Lipinski definition) is 2. The minimum absolute atomic E-state index is 0.0129. The molecule has 1 rings (SSSR count). The number of thioether (sulfide) groups is 1. The van der Waals surface area contributed by atoms with E-state index in [1.54, 1.807) is 0 Å². The average molecular weight is 230 g/mol. The lowest BCUT2D eigenvalue weighted by Crippen LogP contribution is -2.46. The molecular weight excluding hydrogens is 208 g/mol. The van der Waals surface area contributed by atoms with Crippen LogP contribution in [0.15, 0.2) is 0 Å². The summed E-state index contributed by atoms with van der Waals surface area (Å²) in [5.74, 6) is 0.171. The van der Waals surface area contributed by atoms with Crippen molar-refractivity contribution in [3.05, 3.63) is 0 Å². The Bertz CT molecular complexity index is 219. The van der Waals surface area contributed by atoms with Crippen molar-refractivity contribution in [2.45, 2.75) is 43.9 Å². The fourth-order valence-electron chi connectivity index (χ4n) is 1.58. The van der Waals surface area contributed by atoms with Crippen LogP contribution in [0.4, 0.5) is 0 Å². The van der Waals surface area contributed by atoms with Crippen LogP contribution in [0.5, 0.6) is 0 Å². The number of nitrogens with one attached hydrogen (secondary N) is 2. The topological polar surface area (TPSA) is 41.1 Å². The van der Waals surface area contributed by atoms with Crippen molar-refractivity contribution in [1.29, 1.82) is 0 Å². The monoisotopic (exact) mass is 230 g/mol. The Morgan fingerprint density at radius 2 is 2.27 bits per heavy atom. The highest BCUT2D eigenvalue weighted by atomic mass is 32.2. The van der Waals surface area contributed by atoms with Crippen LogP contribution in [0.25, 0.3) is 0 Å². The first-order valence-electron chi connectivity index (χ1n) is 5.61. The van der Waals surface area contributed by atoms with Gasteiger partial charge in [-0.05, 0) is 39.4 Å². The van der Waals surface area contributed by atoms with Crippen LogP contribution >= 0.6 is 11.8 Å². The molecule has 1 unspecified atom stereocenters. The number of hydrogen-bond acceptors (Lipinski definition) is 3. The lowest BCUT2D eigenvalue weighted by molar-refractivity contribution is -0.122. The van der Waals surface area contributed by atoms with E-state index in [1.807, 2.05) is 11.8 Å². The van der Waals surface area contributed by atoms with Gasteiger partial charge in [0, 0.05) is 17.8 Å². The van der Waals surface area contributed by atoms with E-state index >= 15 is 0 Å². The van der Waals surface area contributed by atoms with Gasteiger partial charge in [0.1, 0.15) is 0 Å². The summed E-state index contributed by atoms with van der Waals surface area (Å²) in [4.78, 5) is 11.6. The molecule has 0 aromatic heterocycles. The smallest absolute Gasteiger partial charge is 0.237 e. The van der Waals surface area contributed by atoms with Gasteiger partial charge in [-0.2, -0.15) is 11.8 Å². The molecule has 1 aliphatic heterocycles. The average Bonchev–Trinajstić information content (AvgIpc) is 2.40. The Kier molecular flexibility index (Phi) is 4.93. The maximum absolute atomic E-state index is 11.6. The molecule has 0 radical (unpaired) electrons. The maximum Gasteiger partial charge on any atom is 0.237 e. The Morgan fingerprint density at radius 1 is 1.53 bits per heavy atom. The Labute approximate surface area is 96.8 Å². The molecule has 4 heteroatoms. The number of amides is 1. The second kappa shape index (κ2) is 5.75. The molecule has 0 aromatic rings. The molecule has 0 bridgehead atoms. The van der Waals surface area contributed by atoms with Gasteiger partial charge in [-0.25, -0.2) is 0 Å². The molecule has 88 valence electrons. The van der Waals surface area contributed by atoms with Gasteiger partial charge in [-0.15, -0.1) is 0 Å². The normalized spacial score (nSPS) is 23.4. The van der Waals surface area contributed by atoms with E-state index in [1.165, 1.54) is 0 Å². The number of carbonyl (C=O) groups excluding carboxylic acids is 1. The largest absolute Gasteiger partial charge is 0.355 e. The maximum atomic E-state index is 11.6. The molecule has 0 aromatic carbocycles. The van der Waals surface area contributed by atoms with Crippen LogP contribution < -0.4 is 10.6 Å². The molecule has 1 atom stereocenters. The van der Waals surface area contributed by atoms with E-state index in [-0.39, 0.29) is 16.7 Å². The van der Waals surface area contributed by atoms with E-state index in [0.29, 0.717) is 0 Å². The zero-order valence-electron chi connectivity index (χ0n) is 9.93. The summed E-state index contributed by atoms with van der Waals surface area (Å²) in [6, 6.07) is 0.0129. The van der Waals surface area contributed by atoms with E-state index in [0.717, 1.165) is 32.4 Å². The lowest BCUT2D eigenvalue weighted by Gasteiger charge is -2.25. The summed E-state index contributed by atoms with van der Waals surface area (Å²) in [7, 11) is 0. The van der Waals surface area contributed by atoms with Crippen molar-refractivity contribution in [3.8, 4) is 0 Å². The van der Waals surface area contributed by atoms with Gasteiger partial charge in [-0.3, -0.25) is 4.79 Å². The fraction of sp³-hybridized carbons (Fsp3) is 0.909. The minimum atomic E-state index is 0.0129. The molecule has 1 fully saturated rings. The molecular formula is C11H22N2OS. The summed E-state index contributed by atoms with van der Waals surface area (Å²) in [5, 5.41) is 6.31. The highest BCUT2D eigenvalue weighted by Gasteiger charge is 2.23. The van der Waals surface area contributed by atoms with Gasteiger partial charge >= 0.3 is 0 Å². The standard InChI is InChI=1S/C11H22N2OS/c1-11(2,15-3)8-13-9-6-4-5-7-12-10(9)14/h9,13H,4-8H2,1-3H3,(H,12,14). The van der Waals surface area contributed by atoms with Gasteiger partial charge < -0.3 is 10.6 Å². The van der Waals surface area contributed by atoms with Crippen LogP contribution in [-0.2, 0) is 4.79 Å². The predicted molar refractivity (Wildman–Crippen MR) is 66.2 cm³/mol. The number of carbonyl (C=O) groups is 1. The first kappa shape index (κ1) is 12.8. The first-order chi connectivity index (χ1) is 7.05. The zero-order valence-corrected chi connectivity index (χ0v) is 10.7. The van der Waals surface area contributed by atoms with Gasteiger partial charge in [0.25, 0.3) is 0 Å². The van der Waals surface area contributed by atoms with Gasteiger partial charge in [-0.1, -0.05) is 0 Å². The van der Waals surface area contributed by atoms with Crippen molar-refractivity contribution >= 4 is 17.7 Å². The molecule has 1 aliphatic rings. The molecule has 15 heavy (non-hydrogen) atoms. The SMILES string of the molecule is CSC(C)(C)CNC1CCCCNC1=O. The second-order valence-corrected chi connectivity index (χ2v) is 6.20. The summed E-state index contributed by atoms with van der Waals surface area (Å²) in [6.07, 6.45) is 5.32. The van der Waals surface area contributed by atoms with Crippen LogP contribution in [-0.4, -0.2) is 36.0 Å². The molecule has 0 aliphatic carbocycles. The third kappa shape index (κ3) is 4.43. The Morgan fingerprint density at radius 3 is 2.93 bits per heavy atom. The molecule has 1 saturated heterocycles. The van der Waals surface area contributed by atoms with Crippen molar-refractivity contribution < 1.29 is 4.79 Å². The Hall–Kier alpha value is -0.220. The van der Waals surface area contributed by atoms with Gasteiger partial charge in [0.2, 0.25) is 5.91 Å². The third-order valence-electron chi connectivity index (χ3n) is 2.86. The first-order valence-corrected chi connectivity index (χ1v) is 6.84. The molecule has 1 amide bonds. The van der Waals surface area contributed by atoms with E-state index < -0.39 is 0 Å². The van der Waals surface area contributed by atoms with Gasteiger partial charge in [0.15, 0.2) is 0 Å². The molecule has 0 saturated carbocycles. The third-order valence-corrected chi connectivity index (χ3v) is 4.11. The van der Waals surface area contributed by atoms with E-state index in [4.69, 9.17) is 0 Å². The second-order valence-electron chi connectivity index (χ2n) is 4.68. The molecule has 3 nitrogen and oxygen atoms in total. The van der Waals surface area contributed by atoms with Gasteiger partial charge in [0.05, 0.1) is 6.04 Å². The van der Waals surface area contributed by atoms with Crippen LogP contribution in [0.2, 0.25) is 0 Å². The summed E-state index contributed by atoms with van der Waals surface area (Å²) < 4.78 is 0.201. The Balaban J connectivity index is 2.39. The van der Waals surface area contributed by atoms with Crippen LogP contribution in [0.3, 0.4) is 0 Å². The quantitative estimate of drug-likeness (QED) is 0.767. The van der Waals surface area contributed by atoms with Crippen LogP contribution in [0.1, 0.15) is 33.1 Å². The minimum Gasteiger partial charge on any atom is -0.355 e. The lowest BCUT2D eigenvalue weighted by atomic mass is 10.1. The predicted octanol–water partition coefficient (Wildman–Crippen LogP) is 1.39. The number of rotatable bonds is 4. The van der Waals surface area contributed by atoms with E-state index in [9.17, 15) is 4.79 Å². The van der Waals surface area contributed by atoms with Crippen molar-refractivity contribution in [1.82, 2.24) is 10.6 Å². The summed E-state index contributed by atoms with van der Waals surface area (Å²) in [6.45, 7) is 6.10. The van der Waals surface area contributed by atoms with Crippen molar-refractivity contribution in [2.75, 3.05) is 19.3 Å². The fourth-order valence-corrected chi connectivity index (χ4v) is 1.80.